The summed E-state index contributed by atoms with van der Waals surface area (Å²) >= 11 is 0. The lowest BCUT2D eigenvalue weighted by Crippen LogP contribution is -2.56. The molecule has 0 saturated carbocycles. The van der Waals surface area contributed by atoms with Gasteiger partial charge in [-0.1, -0.05) is 256 Å². The van der Waals surface area contributed by atoms with Crippen molar-refractivity contribution in [3.05, 3.63) is 194 Å². The summed E-state index contributed by atoms with van der Waals surface area (Å²) in [5.41, 5.74) is 24.2. The van der Waals surface area contributed by atoms with Crippen LogP contribution in [0.4, 0.5) is 0 Å². The molecule has 0 aromatic heterocycles. The zero-order valence-corrected chi connectivity index (χ0v) is 43.5. The topological polar surface area (TPSA) is 0 Å². The van der Waals surface area contributed by atoms with Gasteiger partial charge in [0.15, 0.2) is 0 Å². The summed E-state index contributed by atoms with van der Waals surface area (Å²) in [5.74, 6) is 0. The van der Waals surface area contributed by atoms with Gasteiger partial charge in [-0.15, -0.1) is 0 Å². The zero-order chi connectivity index (χ0) is 47.7. The molecule has 340 valence electrons. The fraction of sp³-hybridized carbons (Fsp3) is 0.385. The molecule has 1 aliphatic rings. The van der Waals surface area contributed by atoms with E-state index < -0.39 is 0 Å². The van der Waals surface area contributed by atoms with Gasteiger partial charge in [-0.2, -0.15) is 0 Å². The normalized spacial score (nSPS) is 14.7. The van der Waals surface area contributed by atoms with E-state index in [0.29, 0.717) is 0 Å². The van der Waals surface area contributed by atoms with Crippen LogP contribution in [0.1, 0.15) is 163 Å². The van der Waals surface area contributed by atoms with Crippen molar-refractivity contribution < 1.29 is 0 Å². The highest BCUT2D eigenvalue weighted by molar-refractivity contribution is 6.96. The molecule has 66 heavy (non-hydrogen) atoms. The van der Waals surface area contributed by atoms with Crippen LogP contribution in [-0.4, -0.2) is 6.71 Å². The maximum absolute atomic E-state index is 2.71. The third-order valence-corrected chi connectivity index (χ3v) is 15.2. The van der Waals surface area contributed by atoms with Gasteiger partial charge in [0.1, 0.15) is 0 Å². The highest BCUT2D eigenvalue weighted by Gasteiger charge is 2.43. The van der Waals surface area contributed by atoms with E-state index in [9.17, 15) is 0 Å². The van der Waals surface area contributed by atoms with Gasteiger partial charge in [-0.05, 0) is 140 Å². The summed E-state index contributed by atoms with van der Waals surface area (Å²) in [6, 6.07) is 50.4. The van der Waals surface area contributed by atoms with Crippen molar-refractivity contribution in [3.63, 3.8) is 0 Å². The molecule has 0 nitrogen and oxygen atoms in total. The zero-order valence-electron chi connectivity index (χ0n) is 43.5. The van der Waals surface area contributed by atoms with Gasteiger partial charge in [0.05, 0.1) is 0 Å². The lowest BCUT2D eigenvalue weighted by Gasteiger charge is -2.30. The van der Waals surface area contributed by atoms with Crippen molar-refractivity contribution in [3.8, 4) is 11.1 Å². The number of rotatable bonds is 9. The molecule has 0 N–H and O–H groups in total. The first-order valence-corrected chi connectivity index (χ1v) is 24.9. The number of aryl methyl sites for hydroxylation is 5. The van der Waals surface area contributed by atoms with Crippen LogP contribution in [0.3, 0.4) is 0 Å². The highest BCUT2D eigenvalue weighted by atomic mass is 14.5. The summed E-state index contributed by atoms with van der Waals surface area (Å²) in [6.45, 7) is 38.1. The molecule has 0 bridgehead atoms. The first-order valence-electron chi connectivity index (χ1n) is 24.9. The summed E-state index contributed by atoms with van der Waals surface area (Å²) in [5, 5.41) is 2.59. The average molecular weight is 869 g/mol. The molecule has 1 aliphatic carbocycles. The Morgan fingerprint density at radius 1 is 0.470 bits per heavy atom. The molecule has 7 aromatic carbocycles. The summed E-state index contributed by atoms with van der Waals surface area (Å²) in [4.78, 5) is 0. The molecule has 0 aliphatic heterocycles. The third kappa shape index (κ3) is 9.39. The van der Waals surface area contributed by atoms with E-state index in [4.69, 9.17) is 0 Å². The SMILES string of the molecule is Cc1cc(C)c(B(c2ccc(C(C)(C)C)cc2CCc2cccc(C(C)(C)C)c2)c2cc3c(cc2Cc2ccc(C(C)(C)C)cc2-c2cccc4ccccc24)C(C)(C)CC3(C)C)c(C)c1. The Kier molecular flexibility index (Phi) is 12.3. The molecule has 8 rings (SSSR count). The fourth-order valence-electron chi connectivity index (χ4n) is 11.8. The molecule has 0 amide bonds. The quantitative estimate of drug-likeness (QED) is 0.127. The van der Waals surface area contributed by atoms with E-state index in [1.807, 2.05) is 0 Å². The van der Waals surface area contributed by atoms with Crippen LogP contribution in [0.25, 0.3) is 21.9 Å². The van der Waals surface area contributed by atoms with Crippen molar-refractivity contribution in [1.29, 1.82) is 0 Å². The van der Waals surface area contributed by atoms with Gasteiger partial charge in [0.2, 0.25) is 6.71 Å². The van der Waals surface area contributed by atoms with Crippen LogP contribution in [-0.2, 0) is 46.3 Å². The number of benzene rings is 7. The largest absolute Gasteiger partial charge is 0.242 e. The van der Waals surface area contributed by atoms with Crippen LogP contribution in [0.2, 0.25) is 0 Å². The predicted octanol–water partition coefficient (Wildman–Crippen LogP) is 15.2. The van der Waals surface area contributed by atoms with Crippen LogP contribution in [0.5, 0.6) is 0 Å². The Morgan fingerprint density at radius 3 is 1.71 bits per heavy atom. The number of fused-ring (bicyclic) bond motifs is 2. The number of hydrogen-bond donors (Lipinski definition) is 0. The Hall–Kier alpha value is -5.14. The summed E-state index contributed by atoms with van der Waals surface area (Å²) < 4.78 is 0. The molecule has 7 aromatic rings. The molecular weight excluding hydrogens is 792 g/mol. The number of hydrogen-bond acceptors (Lipinski definition) is 0. The minimum Gasteiger partial charge on any atom is -0.0664 e. The monoisotopic (exact) mass is 869 g/mol. The second-order valence-corrected chi connectivity index (χ2v) is 24.7. The predicted molar refractivity (Wildman–Crippen MR) is 291 cm³/mol. The van der Waals surface area contributed by atoms with Gasteiger partial charge in [-0.25, -0.2) is 0 Å². The van der Waals surface area contributed by atoms with E-state index >= 15 is 0 Å². The Morgan fingerprint density at radius 2 is 1.05 bits per heavy atom. The average Bonchev–Trinajstić information content (AvgIpc) is 3.41. The fourth-order valence-corrected chi connectivity index (χ4v) is 11.8. The highest BCUT2D eigenvalue weighted by Crippen LogP contribution is 2.49. The molecule has 1 heteroatoms. The lowest BCUT2D eigenvalue weighted by atomic mass is 9.33. The second-order valence-electron chi connectivity index (χ2n) is 24.7. The Bertz CT molecular complexity index is 2920. The third-order valence-electron chi connectivity index (χ3n) is 15.2. The van der Waals surface area contributed by atoms with Crippen LogP contribution in [0, 0.1) is 20.8 Å². The van der Waals surface area contributed by atoms with Gasteiger partial charge in [0, 0.05) is 0 Å². The van der Waals surface area contributed by atoms with Gasteiger partial charge in [0.25, 0.3) is 0 Å². The maximum Gasteiger partial charge on any atom is 0.242 e. The van der Waals surface area contributed by atoms with Crippen molar-refractivity contribution >= 4 is 33.9 Å². The maximum atomic E-state index is 2.71. The van der Waals surface area contributed by atoms with Crippen molar-refractivity contribution in [2.24, 2.45) is 0 Å². The minimum absolute atomic E-state index is 0.0153. The second kappa shape index (κ2) is 17.2. The minimum atomic E-state index is 0.0153. The molecule has 0 spiro atoms. The molecule has 0 atom stereocenters. The van der Waals surface area contributed by atoms with E-state index in [2.05, 4.69) is 238 Å². The van der Waals surface area contributed by atoms with E-state index in [0.717, 1.165) is 25.7 Å². The van der Waals surface area contributed by atoms with E-state index in [-0.39, 0.29) is 33.8 Å². The molecule has 0 radical (unpaired) electrons. The first-order chi connectivity index (χ1) is 30.8. The van der Waals surface area contributed by atoms with Gasteiger partial charge in [-0.3, -0.25) is 0 Å². The Labute approximate surface area is 400 Å². The van der Waals surface area contributed by atoms with E-state index in [1.54, 1.807) is 0 Å². The summed E-state index contributed by atoms with van der Waals surface area (Å²) in [6.07, 6.45) is 3.95. The van der Waals surface area contributed by atoms with Crippen LogP contribution < -0.4 is 16.4 Å². The molecular formula is C65H77B. The smallest absolute Gasteiger partial charge is 0.0664 e. The molecule has 0 unspecified atom stereocenters. The lowest BCUT2D eigenvalue weighted by molar-refractivity contribution is 0.403. The molecule has 0 heterocycles. The molecule has 0 saturated heterocycles. The van der Waals surface area contributed by atoms with Gasteiger partial charge >= 0.3 is 0 Å². The molecule has 0 fully saturated rings. The van der Waals surface area contributed by atoms with Crippen LogP contribution in [0.15, 0.2) is 127 Å². The first kappa shape index (κ1) is 47.4. The van der Waals surface area contributed by atoms with Crippen molar-refractivity contribution in [1.82, 2.24) is 0 Å². The van der Waals surface area contributed by atoms with Gasteiger partial charge < -0.3 is 0 Å². The Balaban J connectivity index is 1.42. The standard InChI is InChI=1S/C65H77B/c1-42-33-43(2)60(44(3)34-42)66(58-32-31-51(62(7,8)9)37-48(58)28-27-45-21-19-24-50(35-45)61(4,5)6)59-40-57-56(64(13,14)41-65(57,15)16)38-49(59)36-47-29-30-52(63(10,11)12)39-55(47)54-26-20-23-46-22-17-18-25-53(46)54/h17-26,29-35,37-40H,27-28,36,41H2,1-16H3. The van der Waals surface area contributed by atoms with E-state index in [1.165, 1.54) is 105 Å². The van der Waals surface area contributed by atoms with Crippen LogP contribution >= 0.6 is 0 Å². The van der Waals surface area contributed by atoms with Crippen molar-refractivity contribution in [2.45, 2.75) is 164 Å². The van der Waals surface area contributed by atoms with Crippen molar-refractivity contribution in [2.75, 3.05) is 0 Å². The summed E-state index contributed by atoms with van der Waals surface area (Å²) in [7, 11) is 0.